The summed E-state index contributed by atoms with van der Waals surface area (Å²) in [5.74, 6) is 1.04. The number of esters is 1. The molecule has 7 heterocycles. The van der Waals surface area contributed by atoms with Crippen LogP contribution in [0.2, 0.25) is 0 Å². The van der Waals surface area contributed by atoms with Crippen molar-refractivity contribution in [1.29, 1.82) is 0 Å². The van der Waals surface area contributed by atoms with E-state index in [1.165, 1.54) is 83.7 Å². The third-order valence-corrected chi connectivity index (χ3v) is 20.4. The second kappa shape index (κ2) is 65.6. The van der Waals surface area contributed by atoms with E-state index >= 15 is 0 Å². The molecule has 0 fully saturated rings. The number of aliphatic carboxylic acids is 2. The highest BCUT2D eigenvalue weighted by atomic mass is 32.2. The Bertz CT molecular complexity index is 4090. The molecule has 119 heavy (non-hydrogen) atoms. The number of ether oxygens (including phenoxy) is 1. The Morgan fingerprint density at radius 1 is 0.412 bits per heavy atom. The molecule has 4 atom stereocenters. The van der Waals surface area contributed by atoms with Crippen molar-refractivity contribution in [3.63, 3.8) is 0 Å². The molecule has 644 valence electrons. The number of aromatic nitrogens is 7. The van der Waals surface area contributed by atoms with E-state index in [0.29, 0.717) is 92.7 Å². The van der Waals surface area contributed by atoms with Gasteiger partial charge in [-0.05, 0) is 148 Å². The van der Waals surface area contributed by atoms with Crippen LogP contribution in [-0.4, -0.2) is 275 Å². The molecule has 0 aliphatic rings. The highest BCUT2D eigenvalue weighted by Crippen LogP contribution is 2.23. The quantitative estimate of drug-likeness (QED) is 0.0118. The first-order valence-electron chi connectivity index (χ1n) is 37.3. The standard InChI is InChI=1S/C15H20N2O4S.C15H22N2O3S.C15H22N2O2S.C14H20N2O3S.C11H11NO2.C10H11NO2.C6H5NO.CH4/c1-11(18)17(2)6-7-22-10-13(8-14(19)20)15(21)12-4-3-5-16-9-12;1-17(2)7-8-21-11-13(9-14(18)20-3)15(19)12-5-4-6-16-10-12;1-12(18)9-14(11-20-8-7-17(2)3)15(19)13-5-4-6-16-10-13;1-16(2)6-7-20-10-12(8-13(17)18)14(19)11-4-3-5-15-9-11;1-8(6-9(2)13)11(14)10-4-3-5-12-7-10;1-8(12)4-5-10(13)9-3-2-6-11-7-9;8-5-6-2-1-3-7-4-6;/h3-5,9,13H,6-8,10H2,1-2H3,(H,19,20);4-6,10,13H,7-9,11H2,1-3H3;4-6,10,14H,7-9,11H2,1-3H3;3-5,9,12H,6-8,10H2,1-2H3,(H,17,18);3-5,7H,1,6H2,2H3;2-3,6-7H,4-5H2,1H3;1-5H;1H4. The van der Waals surface area contributed by atoms with Crippen molar-refractivity contribution in [1.82, 2.24) is 54.5 Å². The second-order valence-electron chi connectivity index (χ2n) is 27.1. The number of amides is 1. The van der Waals surface area contributed by atoms with Crippen molar-refractivity contribution in [2.24, 2.45) is 23.7 Å². The number of thioether (sulfide) groups is 4. The minimum Gasteiger partial charge on any atom is -0.481 e. The predicted octanol–water partition coefficient (Wildman–Crippen LogP) is 12.1. The number of carbonyl (C=O) groups excluding carboxylic acids is 12. The molecule has 7 aromatic rings. The van der Waals surface area contributed by atoms with E-state index in [4.69, 9.17) is 10.2 Å². The van der Waals surface area contributed by atoms with Gasteiger partial charge in [-0.15, -0.1) is 0 Å². The average molecular weight is 1720 g/mol. The van der Waals surface area contributed by atoms with Crippen LogP contribution in [0.25, 0.3) is 0 Å². The van der Waals surface area contributed by atoms with Crippen molar-refractivity contribution in [3.8, 4) is 0 Å². The molecule has 7 aromatic heterocycles. The maximum absolute atomic E-state index is 12.5. The molecular formula is C87H115N11O17S4. The molecule has 2 N–H and O–H groups in total. The maximum atomic E-state index is 12.5. The topological polar surface area (TPSA) is 392 Å². The van der Waals surface area contributed by atoms with E-state index in [9.17, 15) is 67.1 Å². The summed E-state index contributed by atoms with van der Waals surface area (Å²) in [4.78, 5) is 194. The van der Waals surface area contributed by atoms with E-state index in [1.807, 2.05) is 42.3 Å². The molecular weight excluding hydrogens is 1600 g/mol. The Morgan fingerprint density at radius 3 is 0.983 bits per heavy atom. The first-order valence-corrected chi connectivity index (χ1v) is 42.0. The molecule has 28 nitrogen and oxygen atoms in total. The molecule has 0 aromatic carbocycles. The molecule has 7 rings (SSSR count). The molecule has 4 unspecified atom stereocenters. The van der Waals surface area contributed by atoms with Crippen molar-refractivity contribution in [2.75, 3.05) is 129 Å². The van der Waals surface area contributed by atoms with E-state index in [2.05, 4.69) is 60.9 Å². The van der Waals surface area contributed by atoms with Crippen LogP contribution in [0.15, 0.2) is 184 Å². The van der Waals surface area contributed by atoms with Crippen LogP contribution in [-0.2, 0) is 38.3 Å². The molecule has 0 aliphatic heterocycles. The summed E-state index contributed by atoms with van der Waals surface area (Å²) < 4.78 is 4.69. The summed E-state index contributed by atoms with van der Waals surface area (Å²) in [5.41, 5.74) is 4.01. The molecule has 0 saturated carbocycles. The lowest BCUT2D eigenvalue weighted by Gasteiger charge is -2.16. The largest absolute Gasteiger partial charge is 0.481 e. The zero-order valence-electron chi connectivity index (χ0n) is 69.3. The first kappa shape index (κ1) is 109. The summed E-state index contributed by atoms with van der Waals surface area (Å²) in [6.45, 7) is 12.9. The number of Topliss-reactive ketones (excluding diaryl/α,β-unsaturated/α-hetero) is 9. The van der Waals surface area contributed by atoms with Crippen LogP contribution in [0.5, 0.6) is 0 Å². The van der Waals surface area contributed by atoms with Gasteiger partial charge in [-0.2, -0.15) is 47.0 Å². The lowest BCUT2D eigenvalue weighted by molar-refractivity contribution is -0.141. The Labute approximate surface area is 716 Å². The summed E-state index contributed by atoms with van der Waals surface area (Å²) in [6.07, 6.45) is 23.3. The van der Waals surface area contributed by atoms with Gasteiger partial charge in [-0.3, -0.25) is 92.4 Å². The number of pyridine rings is 7. The fourth-order valence-corrected chi connectivity index (χ4v) is 14.2. The Balaban J connectivity index is 0.00000138. The van der Waals surface area contributed by atoms with Gasteiger partial charge in [0.2, 0.25) is 5.91 Å². The minimum atomic E-state index is -0.997. The maximum Gasteiger partial charge on any atom is 0.306 e. The van der Waals surface area contributed by atoms with E-state index in [-0.39, 0.29) is 115 Å². The smallest absolute Gasteiger partial charge is 0.306 e. The number of allylic oxidation sites excluding steroid dienone is 1. The number of nitrogens with zero attached hydrogens (tertiary/aromatic N) is 11. The normalized spacial score (nSPS) is 11.2. The molecule has 1 amide bonds. The second-order valence-corrected chi connectivity index (χ2v) is 31.7. The summed E-state index contributed by atoms with van der Waals surface area (Å²) in [5, 5.41) is 17.9. The number of rotatable bonds is 45. The highest BCUT2D eigenvalue weighted by molar-refractivity contribution is 8.00. The molecule has 0 saturated heterocycles. The number of aldehydes is 1. The molecule has 0 spiro atoms. The van der Waals surface area contributed by atoms with Crippen LogP contribution < -0.4 is 0 Å². The third-order valence-electron chi connectivity index (χ3n) is 15.9. The molecule has 32 heteroatoms. The molecule has 0 aliphatic carbocycles. The number of ketones is 9. The van der Waals surface area contributed by atoms with E-state index in [0.717, 1.165) is 43.2 Å². The zero-order chi connectivity index (χ0) is 88.2. The van der Waals surface area contributed by atoms with Gasteiger partial charge in [0.1, 0.15) is 17.3 Å². The van der Waals surface area contributed by atoms with Gasteiger partial charge in [0.15, 0.2) is 41.0 Å². The molecule has 0 bridgehead atoms. The summed E-state index contributed by atoms with van der Waals surface area (Å²) in [6, 6.07) is 23.8. The van der Waals surface area contributed by atoms with Gasteiger partial charge in [-0.1, -0.05) is 14.0 Å². The first-order chi connectivity index (χ1) is 56.2. The Hall–Kier alpha value is -10.4. The van der Waals surface area contributed by atoms with Crippen molar-refractivity contribution < 1.29 is 82.1 Å². The summed E-state index contributed by atoms with van der Waals surface area (Å²) in [7, 11) is 15.1. The number of carbonyl (C=O) groups is 14. The lowest BCUT2D eigenvalue weighted by Crippen LogP contribution is -2.27. The Morgan fingerprint density at radius 2 is 0.723 bits per heavy atom. The number of hydrogen-bond acceptors (Lipinski definition) is 29. The minimum absolute atomic E-state index is 0. The van der Waals surface area contributed by atoms with Crippen molar-refractivity contribution >= 4 is 129 Å². The van der Waals surface area contributed by atoms with Gasteiger partial charge in [0.25, 0.3) is 0 Å². The van der Waals surface area contributed by atoms with Crippen LogP contribution in [0.3, 0.4) is 0 Å². The van der Waals surface area contributed by atoms with Crippen LogP contribution >= 0.6 is 47.0 Å². The lowest BCUT2D eigenvalue weighted by atomic mass is 9.96. The van der Waals surface area contributed by atoms with Crippen molar-refractivity contribution in [2.45, 2.75) is 80.1 Å². The number of methoxy groups -OCH3 is 1. The SMILES string of the molecule is C.C=C(CC(C)=O)C(=O)c1cccnc1.CC(=O)CC(CSCCN(C)C)C(=O)c1cccnc1.CC(=O)CCC(=O)c1cccnc1.CC(=O)N(C)CCSCC(CC(=O)O)C(=O)c1cccnc1.CN(C)CCSCC(CC(=O)O)C(=O)c1cccnc1.COC(=O)CC(CSCCN(C)C)C(=O)c1cccnc1.O=Cc1cccnc1. The van der Waals surface area contributed by atoms with Gasteiger partial charge in [0.05, 0.1) is 26.4 Å². The number of carboxylic acids is 2. The fraction of sp³-hybridized carbons (Fsp3) is 0.414. The third kappa shape index (κ3) is 52.9. The van der Waals surface area contributed by atoms with Crippen molar-refractivity contribution in [3.05, 3.63) is 223 Å². The fourth-order valence-electron chi connectivity index (χ4n) is 9.43. The zero-order valence-corrected chi connectivity index (χ0v) is 72.5. The average Bonchev–Trinajstić information content (AvgIpc) is 0.892. The number of hydrogen-bond donors (Lipinski definition) is 2. The number of carboxylic acid groups (broad SMARTS) is 2. The Kier molecular flexibility index (Phi) is 59.9. The highest BCUT2D eigenvalue weighted by Gasteiger charge is 2.27. The monoisotopic (exact) mass is 1710 g/mol. The van der Waals surface area contributed by atoms with Gasteiger partial charge >= 0.3 is 17.9 Å². The van der Waals surface area contributed by atoms with Crippen LogP contribution in [0, 0.1) is 23.7 Å². The van der Waals surface area contributed by atoms with Gasteiger partial charge in [0, 0.05) is 267 Å². The van der Waals surface area contributed by atoms with Crippen LogP contribution in [0.4, 0.5) is 0 Å². The predicted molar refractivity (Wildman–Crippen MR) is 471 cm³/mol. The van der Waals surface area contributed by atoms with Gasteiger partial charge in [-0.25, -0.2) is 0 Å². The van der Waals surface area contributed by atoms with E-state index in [1.54, 1.807) is 182 Å². The summed E-state index contributed by atoms with van der Waals surface area (Å²) >= 11 is 6.48. The van der Waals surface area contributed by atoms with Crippen LogP contribution in [0.1, 0.15) is 153 Å². The molecule has 0 radical (unpaired) electrons. The van der Waals surface area contributed by atoms with E-state index < -0.39 is 23.8 Å². The van der Waals surface area contributed by atoms with Gasteiger partial charge < -0.3 is 44.1 Å².